The van der Waals surface area contributed by atoms with Crippen molar-refractivity contribution in [2.24, 2.45) is 0 Å². The van der Waals surface area contributed by atoms with Gasteiger partial charge in [0.05, 0.1) is 6.54 Å². The van der Waals surface area contributed by atoms with Gasteiger partial charge in [-0.3, -0.25) is 9.69 Å². The molecule has 3 heterocycles. The molecule has 1 aromatic rings. The second-order valence-corrected chi connectivity index (χ2v) is 5.45. The third kappa shape index (κ3) is 2.55. The van der Waals surface area contributed by atoms with Crippen LogP contribution in [0.1, 0.15) is 24.5 Å². The number of nitrogens with one attached hydrogen (secondary N) is 2. The Labute approximate surface area is 118 Å². The smallest absolute Gasteiger partial charge is 0.238 e. The van der Waals surface area contributed by atoms with Gasteiger partial charge in [0.25, 0.3) is 0 Å². The van der Waals surface area contributed by atoms with Gasteiger partial charge in [0.1, 0.15) is 17.7 Å². The topological polar surface area (TPSA) is 75.1 Å². The molecule has 2 aliphatic heterocycles. The number of nitrogens with zero attached hydrogens (tertiary/aromatic N) is 4. The fourth-order valence-electron chi connectivity index (χ4n) is 3.03. The molecule has 1 saturated heterocycles. The number of carbonyl (C=O) groups is 1. The third-order valence-electron chi connectivity index (χ3n) is 4.18. The Bertz CT molecular complexity index is 485. The molecule has 0 bridgehead atoms. The highest BCUT2D eigenvalue weighted by molar-refractivity contribution is 5.81. The Morgan fingerprint density at radius 3 is 3.15 bits per heavy atom. The van der Waals surface area contributed by atoms with Gasteiger partial charge in [-0.05, 0) is 12.8 Å². The number of hydrogen-bond donors (Lipinski definition) is 2. The molecule has 1 aromatic heterocycles. The molecule has 20 heavy (non-hydrogen) atoms. The van der Waals surface area contributed by atoms with Crippen molar-refractivity contribution in [2.45, 2.75) is 38.4 Å². The number of likely N-dealkylation sites (N-methyl/N-ethyl adjacent to an activating group) is 1. The van der Waals surface area contributed by atoms with Gasteiger partial charge in [0.15, 0.2) is 0 Å². The highest BCUT2D eigenvalue weighted by Gasteiger charge is 2.29. The summed E-state index contributed by atoms with van der Waals surface area (Å²) in [6.45, 7) is 4.18. The summed E-state index contributed by atoms with van der Waals surface area (Å²) in [7, 11) is 1.69. The van der Waals surface area contributed by atoms with Crippen molar-refractivity contribution >= 4 is 5.91 Å². The summed E-state index contributed by atoms with van der Waals surface area (Å²) in [4.78, 5) is 14.2. The Balaban J connectivity index is 1.75. The number of aryl methyl sites for hydroxylation is 1. The van der Waals surface area contributed by atoms with Crippen LogP contribution in [-0.2, 0) is 24.3 Å². The molecule has 1 atom stereocenters. The van der Waals surface area contributed by atoms with E-state index in [1.807, 2.05) is 0 Å². The van der Waals surface area contributed by atoms with Crippen molar-refractivity contribution in [1.82, 2.24) is 30.3 Å². The average molecular weight is 278 g/mol. The zero-order valence-electron chi connectivity index (χ0n) is 11.9. The largest absolute Gasteiger partial charge is 0.358 e. The zero-order valence-corrected chi connectivity index (χ0v) is 11.9. The maximum atomic E-state index is 12.0. The van der Waals surface area contributed by atoms with Gasteiger partial charge in [-0.2, -0.15) is 0 Å². The molecular weight excluding hydrogens is 256 g/mol. The van der Waals surface area contributed by atoms with Crippen LogP contribution in [0.25, 0.3) is 0 Å². The standard InChI is InChI=1S/C13H22N6O/c1-14-13(20)10-8-15-5-7-18(10)9-12-17-16-11-4-2-3-6-19(11)12/h10,15H,2-9H2,1H3,(H,14,20). The minimum absolute atomic E-state index is 0.0654. The van der Waals surface area contributed by atoms with Gasteiger partial charge in [-0.25, -0.2) is 0 Å². The van der Waals surface area contributed by atoms with Gasteiger partial charge in [0.2, 0.25) is 5.91 Å². The minimum atomic E-state index is -0.120. The van der Waals surface area contributed by atoms with E-state index in [-0.39, 0.29) is 11.9 Å². The van der Waals surface area contributed by atoms with E-state index in [4.69, 9.17) is 0 Å². The van der Waals surface area contributed by atoms with Gasteiger partial charge in [0, 0.05) is 39.6 Å². The van der Waals surface area contributed by atoms with Crippen LogP contribution in [0.3, 0.4) is 0 Å². The van der Waals surface area contributed by atoms with E-state index >= 15 is 0 Å². The van der Waals surface area contributed by atoms with Crippen LogP contribution in [-0.4, -0.2) is 58.3 Å². The van der Waals surface area contributed by atoms with Gasteiger partial charge in [-0.1, -0.05) is 0 Å². The second kappa shape index (κ2) is 5.88. The number of aromatic nitrogens is 3. The fourth-order valence-corrected chi connectivity index (χ4v) is 3.03. The lowest BCUT2D eigenvalue weighted by Crippen LogP contribution is -2.57. The average Bonchev–Trinajstić information content (AvgIpc) is 2.90. The summed E-state index contributed by atoms with van der Waals surface area (Å²) >= 11 is 0. The number of carbonyl (C=O) groups excluding carboxylic acids is 1. The number of piperazine rings is 1. The van der Waals surface area contributed by atoms with Crippen molar-refractivity contribution in [3.8, 4) is 0 Å². The lowest BCUT2D eigenvalue weighted by Gasteiger charge is -2.34. The molecule has 2 N–H and O–H groups in total. The zero-order chi connectivity index (χ0) is 13.9. The van der Waals surface area contributed by atoms with Gasteiger partial charge < -0.3 is 15.2 Å². The first kappa shape index (κ1) is 13.5. The highest BCUT2D eigenvalue weighted by atomic mass is 16.2. The predicted molar refractivity (Wildman–Crippen MR) is 74.1 cm³/mol. The van der Waals surface area contributed by atoms with Crippen molar-refractivity contribution < 1.29 is 4.79 Å². The first-order valence-electron chi connectivity index (χ1n) is 7.37. The molecular formula is C13H22N6O. The van der Waals surface area contributed by atoms with Crippen molar-refractivity contribution in [2.75, 3.05) is 26.7 Å². The van der Waals surface area contributed by atoms with Crippen LogP contribution in [0, 0.1) is 0 Å². The Kier molecular flexibility index (Phi) is 3.98. The Hall–Kier alpha value is -1.47. The maximum Gasteiger partial charge on any atom is 0.238 e. The summed E-state index contributed by atoms with van der Waals surface area (Å²) in [5.74, 6) is 2.16. The fraction of sp³-hybridized carbons (Fsp3) is 0.769. The summed E-state index contributed by atoms with van der Waals surface area (Å²) in [5, 5.41) is 14.6. The van der Waals surface area contributed by atoms with E-state index in [0.717, 1.165) is 37.7 Å². The molecule has 1 fully saturated rings. The number of fused-ring (bicyclic) bond motifs is 1. The predicted octanol–water partition coefficient (Wildman–Crippen LogP) is -0.866. The molecule has 0 saturated carbocycles. The van der Waals surface area contributed by atoms with Crippen LogP contribution >= 0.6 is 0 Å². The summed E-state index contributed by atoms with van der Waals surface area (Å²) in [6.07, 6.45) is 3.42. The monoisotopic (exact) mass is 278 g/mol. The molecule has 0 spiro atoms. The second-order valence-electron chi connectivity index (χ2n) is 5.45. The normalized spacial score (nSPS) is 23.4. The van der Waals surface area contributed by atoms with Crippen LogP contribution in [0.2, 0.25) is 0 Å². The summed E-state index contributed by atoms with van der Waals surface area (Å²) in [6, 6.07) is -0.120. The van der Waals surface area contributed by atoms with Crippen molar-refractivity contribution in [1.29, 1.82) is 0 Å². The SMILES string of the molecule is CNC(=O)C1CNCCN1Cc1nnc2n1CCCC2. The third-order valence-corrected chi connectivity index (χ3v) is 4.18. The van der Waals surface area contributed by atoms with Crippen LogP contribution in [0.15, 0.2) is 0 Å². The van der Waals surface area contributed by atoms with Crippen LogP contribution < -0.4 is 10.6 Å². The molecule has 3 rings (SSSR count). The highest BCUT2D eigenvalue weighted by Crippen LogP contribution is 2.16. The van der Waals surface area contributed by atoms with E-state index in [2.05, 4.69) is 30.3 Å². The molecule has 1 unspecified atom stereocenters. The van der Waals surface area contributed by atoms with Gasteiger partial charge >= 0.3 is 0 Å². The van der Waals surface area contributed by atoms with Crippen molar-refractivity contribution in [3.63, 3.8) is 0 Å². The number of hydrogen-bond acceptors (Lipinski definition) is 5. The van der Waals surface area contributed by atoms with E-state index in [0.29, 0.717) is 13.1 Å². The molecule has 0 radical (unpaired) electrons. The molecule has 7 nitrogen and oxygen atoms in total. The van der Waals surface area contributed by atoms with E-state index in [1.165, 1.54) is 12.8 Å². The minimum Gasteiger partial charge on any atom is -0.358 e. The first-order chi connectivity index (χ1) is 9.79. The van der Waals surface area contributed by atoms with E-state index < -0.39 is 0 Å². The summed E-state index contributed by atoms with van der Waals surface area (Å²) in [5.41, 5.74) is 0. The molecule has 0 aliphatic carbocycles. The maximum absolute atomic E-state index is 12.0. The lowest BCUT2D eigenvalue weighted by molar-refractivity contribution is -0.126. The van der Waals surface area contributed by atoms with E-state index in [1.54, 1.807) is 7.05 Å². The van der Waals surface area contributed by atoms with Crippen molar-refractivity contribution in [3.05, 3.63) is 11.6 Å². The van der Waals surface area contributed by atoms with Crippen LogP contribution in [0.5, 0.6) is 0 Å². The Morgan fingerprint density at radius 2 is 2.30 bits per heavy atom. The van der Waals surface area contributed by atoms with Crippen LogP contribution in [0.4, 0.5) is 0 Å². The molecule has 110 valence electrons. The molecule has 0 aromatic carbocycles. The number of amides is 1. The summed E-state index contributed by atoms with van der Waals surface area (Å²) < 4.78 is 2.23. The molecule has 2 aliphatic rings. The lowest BCUT2D eigenvalue weighted by atomic mass is 10.1. The number of rotatable bonds is 3. The first-order valence-corrected chi connectivity index (χ1v) is 7.37. The quantitative estimate of drug-likeness (QED) is 0.752. The molecule has 1 amide bonds. The van der Waals surface area contributed by atoms with E-state index in [9.17, 15) is 4.79 Å². The molecule has 7 heteroatoms. The Morgan fingerprint density at radius 1 is 1.40 bits per heavy atom. The van der Waals surface area contributed by atoms with Gasteiger partial charge in [-0.15, -0.1) is 10.2 Å².